The second-order valence-electron chi connectivity index (χ2n) is 5.53. The van der Waals surface area contributed by atoms with Gasteiger partial charge < -0.3 is 5.32 Å². The Balaban J connectivity index is 2.51. The van der Waals surface area contributed by atoms with Gasteiger partial charge in [-0.25, -0.2) is 0 Å². The van der Waals surface area contributed by atoms with Gasteiger partial charge in [0.05, 0.1) is 0 Å². The van der Waals surface area contributed by atoms with Crippen molar-refractivity contribution in [2.45, 2.75) is 46.0 Å². The van der Waals surface area contributed by atoms with Crippen molar-refractivity contribution in [3.05, 3.63) is 29.3 Å². The number of rotatable bonds is 2. The molecule has 0 bridgehead atoms. The molecule has 1 aliphatic rings. The Morgan fingerprint density at radius 1 is 1.19 bits per heavy atom. The fourth-order valence-electron chi connectivity index (χ4n) is 2.83. The molecule has 1 nitrogen and oxygen atoms in total. The number of fused-ring (bicyclic) bond motifs is 1. The van der Waals surface area contributed by atoms with Gasteiger partial charge >= 0.3 is 0 Å². The van der Waals surface area contributed by atoms with Crippen LogP contribution in [0.3, 0.4) is 0 Å². The van der Waals surface area contributed by atoms with E-state index in [0.717, 1.165) is 18.4 Å². The van der Waals surface area contributed by atoms with Gasteiger partial charge in [-0.1, -0.05) is 39.8 Å². The van der Waals surface area contributed by atoms with E-state index in [9.17, 15) is 0 Å². The van der Waals surface area contributed by atoms with Crippen LogP contribution < -0.4 is 5.32 Å². The molecule has 1 aromatic rings. The van der Waals surface area contributed by atoms with E-state index in [1.165, 1.54) is 17.7 Å². The molecule has 2 rings (SSSR count). The quantitative estimate of drug-likeness (QED) is 0.776. The summed E-state index contributed by atoms with van der Waals surface area (Å²) in [6.45, 7) is 10.4. The smallest absolute Gasteiger partial charge is 0.0378 e. The molecule has 1 atom stereocenters. The highest BCUT2D eigenvalue weighted by Gasteiger charge is 2.25. The van der Waals surface area contributed by atoms with Gasteiger partial charge in [-0.05, 0) is 41.4 Å². The lowest BCUT2D eigenvalue weighted by molar-refractivity contribution is 0.464. The summed E-state index contributed by atoms with van der Waals surface area (Å²) in [5.41, 5.74) is 4.48. The van der Waals surface area contributed by atoms with E-state index in [0.29, 0.717) is 5.92 Å². The Hall–Kier alpha value is -0.980. The summed E-state index contributed by atoms with van der Waals surface area (Å²) >= 11 is 0. The summed E-state index contributed by atoms with van der Waals surface area (Å²) in [5, 5.41) is 3.54. The van der Waals surface area contributed by atoms with E-state index in [2.05, 4.69) is 51.2 Å². The van der Waals surface area contributed by atoms with Crippen molar-refractivity contribution >= 4 is 5.69 Å². The number of hydrogen-bond acceptors (Lipinski definition) is 1. The maximum Gasteiger partial charge on any atom is 0.0378 e. The van der Waals surface area contributed by atoms with Crippen LogP contribution in [0.2, 0.25) is 0 Å². The Bertz CT molecular complexity index is 366. The van der Waals surface area contributed by atoms with Crippen molar-refractivity contribution in [2.75, 3.05) is 11.9 Å². The van der Waals surface area contributed by atoms with E-state index in [1.807, 2.05) is 0 Å². The molecule has 1 heteroatoms. The third-order valence-electron chi connectivity index (χ3n) is 3.71. The van der Waals surface area contributed by atoms with Crippen LogP contribution >= 0.6 is 0 Å². The van der Waals surface area contributed by atoms with Crippen LogP contribution in [0, 0.1) is 5.92 Å². The average Bonchev–Trinajstić information content (AvgIpc) is 2.27. The second-order valence-corrected chi connectivity index (χ2v) is 5.53. The number of anilines is 1. The summed E-state index contributed by atoms with van der Waals surface area (Å²) in [4.78, 5) is 0. The molecule has 1 unspecified atom stereocenters. The number of benzene rings is 1. The topological polar surface area (TPSA) is 12.0 Å². The van der Waals surface area contributed by atoms with E-state index in [4.69, 9.17) is 0 Å². The summed E-state index contributed by atoms with van der Waals surface area (Å²) in [6.07, 6.45) is 1.27. The first-order chi connectivity index (χ1) is 7.61. The molecule has 16 heavy (non-hydrogen) atoms. The van der Waals surface area contributed by atoms with Gasteiger partial charge in [0.1, 0.15) is 0 Å². The minimum Gasteiger partial charge on any atom is -0.385 e. The van der Waals surface area contributed by atoms with Gasteiger partial charge in [-0.15, -0.1) is 0 Å². The van der Waals surface area contributed by atoms with Gasteiger partial charge in [0.25, 0.3) is 0 Å². The zero-order valence-electron chi connectivity index (χ0n) is 10.9. The lowest BCUT2D eigenvalue weighted by Crippen LogP contribution is -2.22. The third kappa shape index (κ3) is 1.95. The number of hydrogen-bond donors (Lipinski definition) is 1. The fraction of sp³-hybridized carbons (Fsp3) is 0.600. The maximum atomic E-state index is 3.54. The molecule has 0 aliphatic carbocycles. The minimum atomic E-state index is 0.621. The predicted molar refractivity (Wildman–Crippen MR) is 71.2 cm³/mol. The molecule has 88 valence electrons. The summed E-state index contributed by atoms with van der Waals surface area (Å²) < 4.78 is 0. The van der Waals surface area contributed by atoms with Crippen LogP contribution in [-0.2, 0) is 0 Å². The number of nitrogens with one attached hydrogen (secondary N) is 1. The molecule has 0 radical (unpaired) electrons. The highest BCUT2D eigenvalue weighted by Crippen LogP contribution is 2.40. The van der Waals surface area contributed by atoms with E-state index in [1.54, 1.807) is 5.56 Å². The largest absolute Gasteiger partial charge is 0.385 e. The van der Waals surface area contributed by atoms with Gasteiger partial charge in [0.2, 0.25) is 0 Å². The Morgan fingerprint density at radius 2 is 1.94 bits per heavy atom. The molecule has 0 saturated carbocycles. The molecule has 0 amide bonds. The van der Waals surface area contributed by atoms with Crippen LogP contribution in [0.1, 0.15) is 57.1 Å². The van der Waals surface area contributed by atoms with Crippen LogP contribution in [0.15, 0.2) is 18.2 Å². The van der Waals surface area contributed by atoms with E-state index in [-0.39, 0.29) is 0 Å². The highest BCUT2D eigenvalue weighted by molar-refractivity contribution is 5.59. The normalized spacial score (nSPS) is 19.8. The van der Waals surface area contributed by atoms with Crippen molar-refractivity contribution in [1.29, 1.82) is 0 Å². The molecule has 0 spiro atoms. The Morgan fingerprint density at radius 3 is 2.56 bits per heavy atom. The molecule has 0 fully saturated rings. The van der Waals surface area contributed by atoms with E-state index >= 15 is 0 Å². The zero-order valence-corrected chi connectivity index (χ0v) is 10.9. The van der Waals surface area contributed by atoms with Gasteiger partial charge in [0, 0.05) is 12.2 Å². The molecule has 1 N–H and O–H groups in total. The lowest BCUT2D eigenvalue weighted by Gasteiger charge is -2.32. The maximum absolute atomic E-state index is 3.54. The summed E-state index contributed by atoms with van der Waals surface area (Å²) in [5.74, 6) is 2.09. The first-order valence-corrected chi connectivity index (χ1v) is 6.48. The average molecular weight is 217 g/mol. The first-order valence-electron chi connectivity index (χ1n) is 6.48. The molecule has 1 heterocycles. The highest BCUT2D eigenvalue weighted by atomic mass is 14.9. The van der Waals surface area contributed by atoms with Gasteiger partial charge in [-0.2, -0.15) is 0 Å². The van der Waals surface area contributed by atoms with Crippen molar-refractivity contribution in [2.24, 2.45) is 5.92 Å². The van der Waals surface area contributed by atoms with Crippen LogP contribution in [0.5, 0.6) is 0 Å². The van der Waals surface area contributed by atoms with Gasteiger partial charge in [-0.3, -0.25) is 0 Å². The molecule has 0 aromatic heterocycles. The zero-order chi connectivity index (χ0) is 11.7. The molecule has 1 aliphatic heterocycles. The first kappa shape index (κ1) is 11.5. The third-order valence-corrected chi connectivity index (χ3v) is 3.71. The van der Waals surface area contributed by atoms with E-state index < -0.39 is 0 Å². The fourth-order valence-corrected chi connectivity index (χ4v) is 2.83. The van der Waals surface area contributed by atoms with Crippen LogP contribution in [0.4, 0.5) is 5.69 Å². The van der Waals surface area contributed by atoms with Crippen molar-refractivity contribution in [3.63, 3.8) is 0 Å². The molecule has 1 aromatic carbocycles. The van der Waals surface area contributed by atoms with Crippen molar-refractivity contribution in [1.82, 2.24) is 0 Å². The Kier molecular flexibility index (Phi) is 3.22. The Labute approximate surface area is 99.3 Å². The van der Waals surface area contributed by atoms with Crippen LogP contribution in [0.25, 0.3) is 0 Å². The molecule has 0 saturated heterocycles. The molecular formula is C15H23N. The predicted octanol–water partition coefficient (Wildman–Crippen LogP) is 4.37. The molecular weight excluding hydrogens is 194 g/mol. The SMILES string of the molecule is CC(C)c1cccc2c1C(C(C)C)CCN2. The van der Waals surface area contributed by atoms with Crippen molar-refractivity contribution in [3.8, 4) is 0 Å². The lowest BCUT2D eigenvalue weighted by atomic mass is 9.78. The van der Waals surface area contributed by atoms with Crippen molar-refractivity contribution < 1.29 is 0 Å². The van der Waals surface area contributed by atoms with Gasteiger partial charge in [0.15, 0.2) is 0 Å². The van der Waals surface area contributed by atoms with Crippen LogP contribution in [-0.4, -0.2) is 6.54 Å². The summed E-state index contributed by atoms with van der Waals surface area (Å²) in [6, 6.07) is 6.71. The monoisotopic (exact) mass is 217 g/mol. The summed E-state index contributed by atoms with van der Waals surface area (Å²) in [7, 11) is 0. The minimum absolute atomic E-state index is 0.621. The standard InChI is InChI=1S/C15H23N/c1-10(2)12-6-5-7-14-15(12)13(11(3)4)8-9-16-14/h5-7,10-11,13,16H,8-9H2,1-4H3. The second kappa shape index (κ2) is 4.48.